The third-order valence-electron chi connectivity index (χ3n) is 5.96. The zero-order valence-corrected chi connectivity index (χ0v) is 18.0. The van der Waals surface area contributed by atoms with Crippen molar-refractivity contribution in [3.63, 3.8) is 0 Å². The van der Waals surface area contributed by atoms with Gasteiger partial charge in [-0.25, -0.2) is 0 Å². The van der Waals surface area contributed by atoms with Gasteiger partial charge in [-0.05, 0) is 54.9 Å². The quantitative estimate of drug-likeness (QED) is 0.296. The summed E-state index contributed by atoms with van der Waals surface area (Å²) in [4.78, 5) is 0. The molecule has 0 heteroatoms. The molecular formula is C32H24. The van der Waals surface area contributed by atoms with Crippen LogP contribution in [0.25, 0.3) is 57.7 Å². The molecule has 5 rings (SSSR count). The Balaban J connectivity index is 2.00. The Morgan fingerprint density at radius 2 is 0.469 bits per heavy atom. The maximum atomic E-state index is 4.66. The van der Waals surface area contributed by atoms with Gasteiger partial charge >= 0.3 is 0 Å². The predicted molar refractivity (Wildman–Crippen MR) is 138 cm³/mol. The fourth-order valence-corrected chi connectivity index (χ4v) is 4.55. The van der Waals surface area contributed by atoms with Crippen molar-refractivity contribution in [2.24, 2.45) is 0 Å². The second-order valence-corrected chi connectivity index (χ2v) is 7.92. The average molecular weight is 409 g/mol. The van der Waals surface area contributed by atoms with E-state index in [1.807, 2.05) is 0 Å². The number of rotatable bonds is 4. The lowest BCUT2D eigenvalue weighted by molar-refractivity contribution is 1.48. The largest absolute Gasteiger partial charge is 0.0905 e. The summed E-state index contributed by atoms with van der Waals surface area (Å²) in [5.74, 6) is 0. The summed E-state index contributed by atoms with van der Waals surface area (Å²) in [6, 6.07) is 42.1. The number of benzene rings is 5. The van der Waals surface area contributed by atoms with Gasteiger partial charge in [-0.15, -0.1) is 0 Å². The molecule has 0 aliphatic rings. The van der Waals surface area contributed by atoms with Gasteiger partial charge in [0.2, 0.25) is 0 Å². The molecule has 0 unspecified atom stereocenters. The van der Waals surface area contributed by atoms with Gasteiger partial charge < -0.3 is 0 Å². The minimum absolute atomic E-state index is 1.02. The molecule has 0 saturated carbocycles. The highest BCUT2D eigenvalue weighted by atomic mass is 14.2. The maximum Gasteiger partial charge on any atom is -0.00263 e. The molecule has 0 fully saturated rings. The van der Waals surface area contributed by atoms with Gasteiger partial charge in [0.1, 0.15) is 0 Å². The van der Waals surface area contributed by atoms with Gasteiger partial charge in [-0.1, -0.05) is 134 Å². The highest BCUT2D eigenvalue weighted by Gasteiger charge is 2.19. The van der Waals surface area contributed by atoms with E-state index in [0.717, 1.165) is 54.9 Å². The minimum atomic E-state index is 1.02. The molecule has 0 amide bonds. The van der Waals surface area contributed by atoms with E-state index in [1.54, 1.807) is 0 Å². The van der Waals surface area contributed by atoms with Crippen molar-refractivity contribution < 1.29 is 0 Å². The smallest absolute Gasteiger partial charge is 0.00263 e. The average Bonchev–Trinajstić information content (AvgIpc) is 2.87. The van der Waals surface area contributed by atoms with Crippen LogP contribution in [0, 0.1) is 0 Å². The molecule has 0 radical (unpaired) electrons. The molecule has 0 bridgehead atoms. The summed E-state index contributed by atoms with van der Waals surface area (Å²) in [6.07, 6.45) is 0. The first-order valence-corrected chi connectivity index (χ1v) is 10.8. The van der Waals surface area contributed by atoms with Gasteiger partial charge in [0, 0.05) is 0 Å². The van der Waals surface area contributed by atoms with Crippen molar-refractivity contribution in [1.82, 2.24) is 0 Å². The first-order valence-electron chi connectivity index (χ1n) is 10.8. The first-order chi connectivity index (χ1) is 15.8. The lowest BCUT2D eigenvalue weighted by Crippen LogP contribution is -2.21. The summed E-state index contributed by atoms with van der Waals surface area (Å²) in [7, 11) is 0. The van der Waals surface area contributed by atoms with E-state index in [4.69, 9.17) is 0 Å². The lowest BCUT2D eigenvalue weighted by atomic mass is 9.82. The van der Waals surface area contributed by atoms with E-state index in [1.165, 1.54) is 0 Å². The summed E-state index contributed by atoms with van der Waals surface area (Å²) >= 11 is 0. The van der Waals surface area contributed by atoms with Gasteiger partial charge in [-0.3, -0.25) is 0 Å². The summed E-state index contributed by atoms with van der Waals surface area (Å²) in [5.41, 5.74) is 9.16. The van der Waals surface area contributed by atoms with Gasteiger partial charge in [0.05, 0.1) is 0 Å². The standard InChI is InChI=1S/C32H24/c1-23-29(25-15-7-3-8-16-25)31(27-19-11-5-12-20-27)24(2)32(28-21-13-6-14-22-28)30(23)26-17-9-4-10-18-26/h3-22H,1-2H2. The van der Waals surface area contributed by atoms with Crippen molar-refractivity contribution in [2.45, 2.75) is 0 Å². The SMILES string of the molecule is C=c1c(-c2ccccc2)c(-c2ccccc2)c(=C)c(-c2ccccc2)c1-c1ccccc1. The Morgan fingerprint density at radius 3 is 0.656 bits per heavy atom. The van der Waals surface area contributed by atoms with Crippen molar-refractivity contribution in [3.05, 3.63) is 132 Å². The molecule has 0 nitrogen and oxygen atoms in total. The van der Waals surface area contributed by atoms with Crippen LogP contribution in [0.5, 0.6) is 0 Å². The van der Waals surface area contributed by atoms with Crippen molar-refractivity contribution in [1.29, 1.82) is 0 Å². The Labute approximate surface area is 189 Å². The van der Waals surface area contributed by atoms with E-state index < -0.39 is 0 Å². The summed E-state index contributed by atoms with van der Waals surface area (Å²) in [6.45, 7) is 9.32. The van der Waals surface area contributed by atoms with Crippen LogP contribution in [-0.4, -0.2) is 0 Å². The van der Waals surface area contributed by atoms with Crippen LogP contribution in [0.3, 0.4) is 0 Å². The fourth-order valence-electron chi connectivity index (χ4n) is 4.55. The summed E-state index contributed by atoms with van der Waals surface area (Å²) < 4.78 is 0. The summed E-state index contributed by atoms with van der Waals surface area (Å²) in [5, 5.41) is 2.04. The molecule has 0 heterocycles. The predicted octanol–water partition coefficient (Wildman–Crippen LogP) is 7.18. The maximum absolute atomic E-state index is 4.66. The molecule has 0 atom stereocenters. The van der Waals surface area contributed by atoms with Crippen LogP contribution in [0.4, 0.5) is 0 Å². The Morgan fingerprint density at radius 1 is 0.281 bits per heavy atom. The van der Waals surface area contributed by atoms with E-state index in [9.17, 15) is 0 Å². The molecule has 0 aromatic heterocycles. The van der Waals surface area contributed by atoms with Crippen molar-refractivity contribution in [2.75, 3.05) is 0 Å². The number of hydrogen-bond acceptors (Lipinski definition) is 0. The van der Waals surface area contributed by atoms with Gasteiger partial charge in [0.25, 0.3) is 0 Å². The van der Waals surface area contributed by atoms with Crippen LogP contribution in [0.15, 0.2) is 121 Å². The second-order valence-electron chi connectivity index (χ2n) is 7.92. The first kappa shape index (κ1) is 19.8. The molecule has 0 N–H and O–H groups in total. The molecule has 5 aromatic rings. The van der Waals surface area contributed by atoms with E-state index >= 15 is 0 Å². The minimum Gasteiger partial charge on any atom is -0.0905 e. The van der Waals surface area contributed by atoms with Crippen LogP contribution in [0.2, 0.25) is 0 Å². The molecule has 5 aromatic carbocycles. The van der Waals surface area contributed by atoms with E-state index in [0.29, 0.717) is 0 Å². The van der Waals surface area contributed by atoms with Gasteiger partial charge in [0.15, 0.2) is 0 Å². The third kappa shape index (κ3) is 3.46. The van der Waals surface area contributed by atoms with Crippen LogP contribution < -0.4 is 10.4 Å². The monoisotopic (exact) mass is 408 g/mol. The van der Waals surface area contributed by atoms with E-state index in [-0.39, 0.29) is 0 Å². The van der Waals surface area contributed by atoms with Crippen molar-refractivity contribution in [3.8, 4) is 44.5 Å². The molecular weight excluding hydrogens is 384 g/mol. The van der Waals surface area contributed by atoms with Gasteiger partial charge in [-0.2, -0.15) is 0 Å². The molecule has 0 spiro atoms. The third-order valence-corrected chi connectivity index (χ3v) is 5.96. The number of hydrogen-bond donors (Lipinski definition) is 0. The molecule has 0 saturated heterocycles. The van der Waals surface area contributed by atoms with Crippen LogP contribution in [0.1, 0.15) is 0 Å². The van der Waals surface area contributed by atoms with E-state index in [2.05, 4.69) is 134 Å². The highest BCUT2D eigenvalue weighted by molar-refractivity contribution is 5.96. The van der Waals surface area contributed by atoms with Crippen molar-refractivity contribution >= 4 is 13.2 Å². The molecule has 0 aliphatic carbocycles. The normalized spacial score (nSPS) is 10.8. The van der Waals surface area contributed by atoms with Crippen LogP contribution in [-0.2, 0) is 0 Å². The Kier molecular flexibility index (Phi) is 5.27. The Bertz CT molecular complexity index is 1220. The Hall–Kier alpha value is -4.16. The van der Waals surface area contributed by atoms with Crippen LogP contribution >= 0.6 is 0 Å². The second kappa shape index (κ2) is 8.53. The zero-order valence-electron chi connectivity index (χ0n) is 18.0. The fraction of sp³-hybridized carbons (Fsp3) is 0. The molecule has 152 valence electrons. The lowest BCUT2D eigenvalue weighted by Gasteiger charge is -2.21. The zero-order chi connectivity index (χ0) is 21.9. The topological polar surface area (TPSA) is 0 Å². The highest BCUT2D eigenvalue weighted by Crippen LogP contribution is 2.34. The molecule has 0 aliphatic heterocycles. The molecule has 32 heavy (non-hydrogen) atoms.